The van der Waals surface area contributed by atoms with Gasteiger partial charge in [-0.1, -0.05) is 194 Å². The van der Waals surface area contributed by atoms with Gasteiger partial charge < -0.3 is 0 Å². The third-order valence-electron chi connectivity index (χ3n) is 13.9. The molecule has 2 aliphatic carbocycles. The van der Waals surface area contributed by atoms with Crippen molar-refractivity contribution < 1.29 is 0 Å². The smallest absolute Gasteiger partial charge is 0.000717 e. The maximum absolute atomic E-state index is 3.03. The summed E-state index contributed by atoms with van der Waals surface area (Å²) in [6.45, 7) is 0. The third kappa shape index (κ3) is 4.42. The fourth-order valence-corrected chi connectivity index (χ4v) is 11.8. The van der Waals surface area contributed by atoms with E-state index in [0.29, 0.717) is 0 Å². The van der Waals surface area contributed by atoms with E-state index in [1.165, 1.54) is 148 Å². The van der Waals surface area contributed by atoms with Gasteiger partial charge in [0.15, 0.2) is 0 Å². The minimum atomic E-state index is 1.21. The zero-order valence-corrected chi connectivity index (χ0v) is 34.3. The second kappa shape index (κ2) is 12.3. The summed E-state index contributed by atoms with van der Waals surface area (Å²) in [5, 5.41) is 14.6. The lowest BCUT2D eigenvalue weighted by Gasteiger charge is -2.21. The van der Waals surface area contributed by atoms with Gasteiger partial charge in [0.05, 0.1) is 0 Å². The van der Waals surface area contributed by atoms with Crippen LogP contribution in [-0.4, -0.2) is 0 Å². The highest BCUT2D eigenvalue weighted by Gasteiger charge is 2.33. The van der Waals surface area contributed by atoms with Crippen LogP contribution in [0.1, 0.15) is 0 Å². The first-order valence-corrected chi connectivity index (χ1v) is 21.8. The molecule has 0 saturated carbocycles. The Hall–Kier alpha value is -7.37. The summed E-state index contributed by atoms with van der Waals surface area (Å²) in [5.74, 6) is 0. The molecule has 0 nitrogen and oxygen atoms in total. The van der Waals surface area contributed by atoms with Gasteiger partial charge in [0.1, 0.15) is 0 Å². The SMILES string of the molecule is Pc1ccccc1-c1c2c(c(-c3ccccc3)c3ccccc13)-c1ccc3c4ccc5c6c(ccc(c7ccc-2c1c37)c64)-c1ccc(-c2ccccc2-c2ccccc2)cc1-5. The molecule has 1 unspecified atom stereocenters. The molecule has 0 bridgehead atoms. The van der Waals surface area contributed by atoms with Crippen LogP contribution >= 0.6 is 9.24 Å². The highest BCUT2D eigenvalue weighted by atomic mass is 31.0. The van der Waals surface area contributed by atoms with Crippen molar-refractivity contribution in [2.45, 2.75) is 0 Å². The summed E-state index contributed by atoms with van der Waals surface area (Å²) < 4.78 is 0. The van der Waals surface area contributed by atoms with E-state index in [-0.39, 0.29) is 0 Å². The van der Waals surface area contributed by atoms with Crippen LogP contribution in [0.25, 0.3) is 143 Å². The zero-order chi connectivity index (χ0) is 39.9. The van der Waals surface area contributed by atoms with E-state index in [1.54, 1.807) is 0 Å². The third-order valence-corrected chi connectivity index (χ3v) is 14.4. The molecule has 0 saturated heterocycles. The zero-order valence-electron chi connectivity index (χ0n) is 33.1. The second-order valence-electron chi connectivity index (χ2n) is 16.8. The fourth-order valence-electron chi connectivity index (χ4n) is 11.4. The normalized spacial score (nSPS) is 12.3. The molecular weight excluding hydrogens is 752 g/mol. The maximum atomic E-state index is 3.03. The van der Waals surface area contributed by atoms with E-state index in [0.717, 1.165) is 0 Å². The average molecular weight is 787 g/mol. The summed E-state index contributed by atoms with van der Waals surface area (Å²) in [4.78, 5) is 0. The number of hydrogen-bond donors (Lipinski definition) is 0. The Morgan fingerprint density at radius 2 is 0.656 bits per heavy atom. The number of fused-ring (bicyclic) bond motifs is 9. The van der Waals surface area contributed by atoms with Crippen LogP contribution < -0.4 is 5.30 Å². The lowest BCUT2D eigenvalue weighted by atomic mass is 9.82. The van der Waals surface area contributed by atoms with Gasteiger partial charge in [-0.2, -0.15) is 0 Å². The Bertz CT molecular complexity index is 3840. The van der Waals surface area contributed by atoms with Crippen molar-refractivity contribution in [1.29, 1.82) is 0 Å². The molecule has 0 amide bonds. The van der Waals surface area contributed by atoms with E-state index in [2.05, 4.69) is 209 Å². The molecule has 12 aromatic carbocycles. The van der Waals surface area contributed by atoms with E-state index in [1.807, 2.05) is 0 Å². The summed E-state index contributed by atoms with van der Waals surface area (Å²) >= 11 is 0. The van der Waals surface area contributed by atoms with Gasteiger partial charge in [-0.05, 0) is 154 Å². The van der Waals surface area contributed by atoms with Crippen LogP contribution in [0.2, 0.25) is 0 Å². The van der Waals surface area contributed by atoms with E-state index in [4.69, 9.17) is 0 Å². The van der Waals surface area contributed by atoms with Crippen molar-refractivity contribution in [3.63, 3.8) is 0 Å². The maximum Gasteiger partial charge on any atom is -0.000717 e. The molecule has 0 aliphatic heterocycles. The minimum absolute atomic E-state index is 1.21. The molecule has 61 heavy (non-hydrogen) atoms. The van der Waals surface area contributed by atoms with Gasteiger partial charge in [-0.25, -0.2) is 0 Å². The molecule has 12 aromatic rings. The lowest BCUT2D eigenvalue weighted by Crippen LogP contribution is -2.00. The number of rotatable bonds is 4. The Morgan fingerprint density at radius 3 is 1.28 bits per heavy atom. The van der Waals surface area contributed by atoms with E-state index >= 15 is 0 Å². The predicted molar refractivity (Wildman–Crippen MR) is 265 cm³/mol. The van der Waals surface area contributed by atoms with Crippen LogP contribution in [0.5, 0.6) is 0 Å². The molecule has 0 fully saturated rings. The van der Waals surface area contributed by atoms with Gasteiger partial charge in [0, 0.05) is 0 Å². The van der Waals surface area contributed by atoms with Crippen LogP contribution in [0.3, 0.4) is 0 Å². The Morgan fingerprint density at radius 1 is 0.213 bits per heavy atom. The van der Waals surface area contributed by atoms with E-state index < -0.39 is 0 Å². The van der Waals surface area contributed by atoms with Crippen molar-refractivity contribution >= 4 is 68.4 Å². The predicted octanol–water partition coefficient (Wildman–Crippen LogP) is 16.4. The monoisotopic (exact) mass is 786 g/mol. The largest absolute Gasteiger partial charge is 0.105 e. The molecule has 280 valence electrons. The number of hydrogen-bond acceptors (Lipinski definition) is 0. The molecule has 2 aliphatic rings. The van der Waals surface area contributed by atoms with Gasteiger partial charge in [0.25, 0.3) is 0 Å². The molecule has 0 aromatic heterocycles. The first-order chi connectivity index (χ1) is 30.2. The topological polar surface area (TPSA) is 0 Å². The summed E-state index contributed by atoms with van der Waals surface area (Å²) in [6, 6.07) is 75.0. The molecule has 1 atom stereocenters. The molecule has 0 spiro atoms. The first kappa shape index (κ1) is 33.5. The van der Waals surface area contributed by atoms with Crippen LogP contribution in [0.4, 0.5) is 0 Å². The van der Waals surface area contributed by atoms with Gasteiger partial charge >= 0.3 is 0 Å². The number of benzene rings is 12. The standard InChI is InChI=1S/C60H35P/c61-52-22-12-11-21-48(52)57-41-20-10-9-19-40(41)53(35-15-5-2-6-16-35)59-49-31-29-45-44-27-28-47-51-33-36(38-18-8-7-17-37(38)34-13-3-1-4-14-34)23-24-39(51)42-25-26-43(55(44)54(42)47)46-30-32-50(60(57)59)58(49)56(45)46/h1-33H,61H2. The summed E-state index contributed by atoms with van der Waals surface area (Å²) in [7, 11) is 3.03. The van der Waals surface area contributed by atoms with Gasteiger partial charge in [-0.3, -0.25) is 0 Å². The molecule has 14 rings (SSSR count). The average Bonchev–Trinajstić information content (AvgIpc) is 3.83. The molecule has 0 radical (unpaired) electrons. The fraction of sp³-hybridized carbons (Fsp3) is 0. The van der Waals surface area contributed by atoms with Crippen molar-refractivity contribution in [3.8, 4) is 89.0 Å². The second-order valence-corrected chi connectivity index (χ2v) is 17.4. The quantitative estimate of drug-likeness (QED) is 0.0947. The van der Waals surface area contributed by atoms with Crippen molar-refractivity contribution in [1.82, 2.24) is 0 Å². The molecule has 0 N–H and O–H groups in total. The molecule has 0 heterocycles. The van der Waals surface area contributed by atoms with Crippen molar-refractivity contribution in [2.75, 3.05) is 0 Å². The van der Waals surface area contributed by atoms with Crippen molar-refractivity contribution in [3.05, 3.63) is 200 Å². The first-order valence-electron chi connectivity index (χ1n) is 21.2. The van der Waals surface area contributed by atoms with Crippen LogP contribution in [0.15, 0.2) is 200 Å². The van der Waals surface area contributed by atoms with Crippen molar-refractivity contribution in [2.24, 2.45) is 0 Å². The highest BCUT2D eigenvalue weighted by molar-refractivity contribution is 7.28. The van der Waals surface area contributed by atoms with Crippen LogP contribution in [-0.2, 0) is 0 Å². The highest BCUT2D eigenvalue weighted by Crippen LogP contribution is 2.60. The Labute approximate surface area is 355 Å². The minimum Gasteiger partial charge on any atom is -0.105 e. The van der Waals surface area contributed by atoms with Crippen LogP contribution in [0, 0.1) is 0 Å². The van der Waals surface area contributed by atoms with Gasteiger partial charge in [0.2, 0.25) is 0 Å². The summed E-state index contributed by atoms with van der Waals surface area (Å²) in [5.41, 5.74) is 20.7. The lowest BCUT2D eigenvalue weighted by molar-refractivity contribution is 1.58. The molecule has 1 heteroatoms. The Kier molecular flexibility index (Phi) is 6.77. The summed E-state index contributed by atoms with van der Waals surface area (Å²) in [6.07, 6.45) is 0. The van der Waals surface area contributed by atoms with Gasteiger partial charge in [-0.15, -0.1) is 9.24 Å². The van der Waals surface area contributed by atoms with E-state index in [9.17, 15) is 0 Å². The molecular formula is C60H35P. The Balaban J connectivity index is 1.05.